The quantitative estimate of drug-likeness (QED) is 0.840. The predicted octanol–water partition coefficient (Wildman–Crippen LogP) is 2.34. The van der Waals surface area contributed by atoms with Gasteiger partial charge in [0.1, 0.15) is 12.4 Å². The number of rotatable bonds is 7. The van der Waals surface area contributed by atoms with E-state index in [2.05, 4.69) is 4.90 Å². The van der Waals surface area contributed by atoms with Gasteiger partial charge in [0.2, 0.25) is 5.91 Å². The number of nitrogens with zero attached hydrogens (tertiary/aromatic N) is 1. The number of amides is 1. The molecule has 1 aliphatic rings. The number of carbonyl (C=O) groups excluding carboxylic acids is 1. The molecule has 0 unspecified atom stereocenters. The average Bonchev–Trinajstić information content (AvgIpc) is 3.05. The lowest BCUT2D eigenvalue weighted by atomic mass is 10.1. The molecule has 0 saturated carbocycles. The zero-order valence-electron chi connectivity index (χ0n) is 14.4. The smallest absolute Gasteiger partial charge is 0.234 e. The van der Waals surface area contributed by atoms with Crippen LogP contribution in [0.2, 0.25) is 0 Å². The molecule has 132 valence electrons. The summed E-state index contributed by atoms with van der Waals surface area (Å²) in [5, 5.41) is 0. The van der Waals surface area contributed by atoms with Gasteiger partial charge in [0.25, 0.3) is 0 Å². The van der Waals surface area contributed by atoms with Crippen molar-refractivity contribution in [2.45, 2.75) is 31.7 Å². The van der Waals surface area contributed by atoms with Gasteiger partial charge >= 0.3 is 0 Å². The summed E-state index contributed by atoms with van der Waals surface area (Å²) in [6, 6.07) is 17.8. The summed E-state index contributed by atoms with van der Waals surface area (Å²) in [6.45, 7) is 1.94. The Hall–Kier alpha value is -2.37. The fourth-order valence-electron chi connectivity index (χ4n) is 3.17. The van der Waals surface area contributed by atoms with Crippen molar-refractivity contribution in [3.63, 3.8) is 0 Å². The SMILES string of the molecule is CO[C@H]1C[C@@H](C(N)=O)N(Cc2ccc(OCc3ccccc3)cc2)C1. The van der Waals surface area contributed by atoms with Gasteiger partial charge in [-0.15, -0.1) is 0 Å². The minimum Gasteiger partial charge on any atom is -0.489 e. The van der Waals surface area contributed by atoms with Crippen LogP contribution in [-0.2, 0) is 22.7 Å². The number of carbonyl (C=O) groups is 1. The first-order valence-corrected chi connectivity index (χ1v) is 8.47. The summed E-state index contributed by atoms with van der Waals surface area (Å²) in [7, 11) is 1.67. The second-order valence-electron chi connectivity index (χ2n) is 6.36. The lowest BCUT2D eigenvalue weighted by molar-refractivity contribution is -0.122. The van der Waals surface area contributed by atoms with Crippen LogP contribution in [0.1, 0.15) is 17.5 Å². The average molecular weight is 340 g/mol. The van der Waals surface area contributed by atoms with Gasteiger partial charge in [0.15, 0.2) is 0 Å². The fraction of sp³-hybridized carbons (Fsp3) is 0.350. The van der Waals surface area contributed by atoms with Crippen LogP contribution in [0.5, 0.6) is 5.75 Å². The molecule has 0 aromatic heterocycles. The van der Waals surface area contributed by atoms with Crippen molar-refractivity contribution in [2.75, 3.05) is 13.7 Å². The Labute approximate surface area is 148 Å². The van der Waals surface area contributed by atoms with E-state index < -0.39 is 0 Å². The Kier molecular flexibility index (Phi) is 5.68. The molecule has 0 bridgehead atoms. The minimum absolute atomic E-state index is 0.0611. The Morgan fingerprint density at radius 1 is 1.12 bits per heavy atom. The van der Waals surface area contributed by atoms with Crippen molar-refractivity contribution >= 4 is 5.91 Å². The number of hydrogen-bond acceptors (Lipinski definition) is 4. The Balaban J connectivity index is 1.57. The van der Waals surface area contributed by atoms with E-state index in [9.17, 15) is 4.79 Å². The Morgan fingerprint density at radius 2 is 1.84 bits per heavy atom. The summed E-state index contributed by atoms with van der Waals surface area (Å²) in [5.74, 6) is 0.539. The van der Waals surface area contributed by atoms with Gasteiger partial charge < -0.3 is 15.2 Å². The van der Waals surface area contributed by atoms with Crippen LogP contribution in [0.4, 0.5) is 0 Å². The zero-order chi connectivity index (χ0) is 17.6. The molecule has 2 N–H and O–H groups in total. The number of primary amides is 1. The summed E-state index contributed by atoms with van der Waals surface area (Å²) >= 11 is 0. The van der Waals surface area contributed by atoms with E-state index in [4.69, 9.17) is 15.2 Å². The highest BCUT2D eigenvalue weighted by molar-refractivity contribution is 5.80. The van der Waals surface area contributed by atoms with Crippen molar-refractivity contribution in [1.82, 2.24) is 4.90 Å². The Morgan fingerprint density at radius 3 is 2.48 bits per heavy atom. The van der Waals surface area contributed by atoms with Crippen molar-refractivity contribution in [3.8, 4) is 5.75 Å². The topological polar surface area (TPSA) is 64.8 Å². The van der Waals surface area contributed by atoms with Crippen LogP contribution in [0.15, 0.2) is 54.6 Å². The molecule has 1 aliphatic heterocycles. The summed E-state index contributed by atoms with van der Waals surface area (Å²) in [6.07, 6.45) is 0.718. The van der Waals surface area contributed by atoms with Crippen molar-refractivity contribution in [2.24, 2.45) is 5.73 Å². The Bertz CT molecular complexity index is 688. The lowest BCUT2D eigenvalue weighted by Gasteiger charge is -2.21. The maximum Gasteiger partial charge on any atom is 0.234 e. The predicted molar refractivity (Wildman–Crippen MR) is 96.0 cm³/mol. The highest BCUT2D eigenvalue weighted by Gasteiger charge is 2.35. The van der Waals surface area contributed by atoms with E-state index in [1.165, 1.54) is 0 Å². The maximum atomic E-state index is 11.6. The molecule has 1 amide bonds. The summed E-state index contributed by atoms with van der Waals surface area (Å²) in [5.41, 5.74) is 7.78. The van der Waals surface area contributed by atoms with Crippen molar-refractivity contribution in [1.29, 1.82) is 0 Å². The molecule has 1 fully saturated rings. The van der Waals surface area contributed by atoms with Crippen LogP contribution < -0.4 is 10.5 Å². The van der Waals surface area contributed by atoms with Gasteiger partial charge in [-0.1, -0.05) is 42.5 Å². The number of methoxy groups -OCH3 is 1. The molecule has 2 atom stereocenters. The third kappa shape index (κ3) is 4.59. The molecule has 1 saturated heterocycles. The molecule has 2 aromatic rings. The molecular weight excluding hydrogens is 316 g/mol. The molecule has 5 heteroatoms. The van der Waals surface area contributed by atoms with E-state index in [0.29, 0.717) is 19.6 Å². The molecule has 0 radical (unpaired) electrons. The molecule has 1 heterocycles. The standard InChI is InChI=1S/C20H24N2O3/c1-24-18-11-19(20(21)23)22(13-18)12-15-7-9-17(10-8-15)25-14-16-5-3-2-4-6-16/h2-10,18-19H,11-14H2,1H3,(H2,21,23)/t18-,19-/m0/s1. The minimum atomic E-state index is -0.289. The first-order valence-electron chi connectivity index (χ1n) is 8.47. The fourth-order valence-corrected chi connectivity index (χ4v) is 3.17. The van der Waals surface area contributed by atoms with Crippen molar-refractivity contribution in [3.05, 3.63) is 65.7 Å². The van der Waals surface area contributed by atoms with Gasteiger partial charge in [-0.05, 0) is 29.7 Å². The molecule has 5 nitrogen and oxygen atoms in total. The molecule has 25 heavy (non-hydrogen) atoms. The molecule has 3 rings (SSSR count). The van der Waals surface area contributed by atoms with Gasteiger partial charge in [-0.2, -0.15) is 0 Å². The van der Waals surface area contributed by atoms with Gasteiger partial charge in [0.05, 0.1) is 12.1 Å². The number of likely N-dealkylation sites (tertiary alicyclic amines) is 1. The number of nitrogens with two attached hydrogens (primary N) is 1. The molecule has 2 aromatic carbocycles. The zero-order valence-corrected chi connectivity index (χ0v) is 14.4. The normalized spacial score (nSPS) is 20.5. The number of hydrogen-bond donors (Lipinski definition) is 1. The molecule has 0 spiro atoms. The first-order chi connectivity index (χ1) is 12.2. The largest absolute Gasteiger partial charge is 0.489 e. The first kappa shape index (κ1) is 17.5. The third-order valence-corrected chi connectivity index (χ3v) is 4.58. The van der Waals surface area contributed by atoms with Crippen LogP contribution >= 0.6 is 0 Å². The van der Waals surface area contributed by atoms with Crippen LogP contribution in [0.25, 0.3) is 0 Å². The number of benzene rings is 2. The highest BCUT2D eigenvalue weighted by Crippen LogP contribution is 2.23. The van der Waals surface area contributed by atoms with E-state index in [1.807, 2.05) is 54.6 Å². The molecule has 0 aliphatic carbocycles. The van der Waals surface area contributed by atoms with E-state index in [-0.39, 0.29) is 18.1 Å². The second-order valence-corrected chi connectivity index (χ2v) is 6.36. The van der Waals surface area contributed by atoms with Crippen molar-refractivity contribution < 1.29 is 14.3 Å². The third-order valence-electron chi connectivity index (χ3n) is 4.58. The lowest BCUT2D eigenvalue weighted by Crippen LogP contribution is -2.39. The molecular formula is C20H24N2O3. The van der Waals surface area contributed by atoms with Crippen LogP contribution in [0, 0.1) is 0 Å². The van der Waals surface area contributed by atoms with E-state index >= 15 is 0 Å². The number of ether oxygens (including phenoxy) is 2. The monoisotopic (exact) mass is 340 g/mol. The maximum absolute atomic E-state index is 11.6. The van der Waals surface area contributed by atoms with Gasteiger partial charge in [-0.25, -0.2) is 0 Å². The summed E-state index contributed by atoms with van der Waals surface area (Å²) < 4.78 is 11.2. The van der Waals surface area contributed by atoms with Crippen LogP contribution in [-0.4, -0.2) is 36.6 Å². The van der Waals surface area contributed by atoms with E-state index in [0.717, 1.165) is 23.4 Å². The second kappa shape index (κ2) is 8.14. The van der Waals surface area contributed by atoms with E-state index in [1.54, 1.807) is 7.11 Å². The van der Waals surface area contributed by atoms with Gasteiger partial charge in [-0.3, -0.25) is 9.69 Å². The highest BCUT2D eigenvalue weighted by atomic mass is 16.5. The van der Waals surface area contributed by atoms with Crippen LogP contribution in [0.3, 0.4) is 0 Å². The summed E-state index contributed by atoms with van der Waals surface area (Å²) in [4.78, 5) is 13.7. The van der Waals surface area contributed by atoms with Gasteiger partial charge in [0, 0.05) is 20.2 Å².